The van der Waals surface area contributed by atoms with Gasteiger partial charge >= 0.3 is 13.1 Å². The molecule has 13 heteroatoms. The van der Waals surface area contributed by atoms with Gasteiger partial charge in [0.05, 0.1) is 5.94 Å². The Balaban J connectivity index is 1.10. The first-order valence-electron chi connectivity index (χ1n) is 21.8. The van der Waals surface area contributed by atoms with Gasteiger partial charge < -0.3 is 36.2 Å². The highest BCUT2D eigenvalue weighted by atomic mass is 16.4. The van der Waals surface area contributed by atoms with Gasteiger partial charge in [0.25, 0.3) is 5.91 Å². The van der Waals surface area contributed by atoms with Gasteiger partial charge in [0.2, 0.25) is 11.8 Å². The van der Waals surface area contributed by atoms with E-state index in [0.717, 1.165) is 101 Å². The summed E-state index contributed by atoms with van der Waals surface area (Å²) in [5, 5.41) is 34.7. The number of unbranched alkanes of at least 4 members (excludes halogenated alkanes) is 2. The van der Waals surface area contributed by atoms with Crippen molar-refractivity contribution in [1.29, 1.82) is 0 Å². The van der Waals surface area contributed by atoms with Gasteiger partial charge in [-0.15, -0.1) is 0 Å². The minimum Gasteiger partial charge on any atom is -0.426 e. The lowest BCUT2D eigenvalue weighted by Gasteiger charge is -2.33. The van der Waals surface area contributed by atoms with Crippen molar-refractivity contribution in [2.75, 3.05) is 26.2 Å². The van der Waals surface area contributed by atoms with Crippen molar-refractivity contribution in [2.45, 2.75) is 152 Å². The second-order valence-electron chi connectivity index (χ2n) is 16.9. The Bertz CT molecular complexity index is 1590. The number of likely N-dealkylation sites (tertiary alicyclic amines) is 2. The Labute approximate surface area is 333 Å². The van der Waals surface area contributed by atoms with Crippen LogP contribution in [-0.4, -0.2) is 107 Å². The number of nitrogens with zero attached hydrogens (tertiary/aromatic N) is 2. The van der Waals surface area contributed by atoms with Crippen LogP contribution in [0, 0.1) is 5.92 Å². The summed E-state index contributed by atoms with van der Waals surface area (Å²) >= 11 is 0. The number of amides is 5. The third kappa shape index (κ3) is 11.9. The SMILES string of the molecule is O=C(NCCCCC[C@H](NC(=O)[C@@H]1C[C@@H](N2CCCCC2)CN1C(=O)[C@@H](CC1CCCCC1)NC(=O)c1ccc2ccccc2c1)B(O)O)NC1CCCCC1. The molecule has 5 amide bonds. The zero-order valence-corrected chi connectivity index (χ0v) is 33.3. The number of hydrogen-bond acceptors (Lipinski definition) is 7. The van der Waals surface area contributed by atoms with E-state index in [-0.39, 0.29) is 29.9 Å². The fourth-order valence-corrected chi connectivity index (χ4v) is 9.53. The maximum absolute atomic E-state index is 14.8. The van der Waals surface area contributed by atoms with Gasteiger partial charge in [0.15, 0.2) is 0 Å². The predicted octanol–water partition coefficient (Wildman–Crippen LogP) is 5.05. The molecule has 2 aliphatic heterocycles. The Kier molecular flexibility index (Phi) is 15.9. The summed E-state index contributed by atoms with van der Waals surface area (Å²) in [7, 11) is -1.76. The number of urea groups is 1. The first-order chi connectivity index (χ1) is 27.2. The molecule has 0 radical (unpaired) electrons. The molecule has 2 aliphatic carbocycles. The molecule has 56 heavy (non-hydrogen) atoms. The van der Waals surface area contributed by atoms with Gasteiger partial charge in [-0.2, -0.15) is 0 Å². The van der Waals surface area contributed by atoms with Crippen molar-refractivity contribution in [3.05, 3.63) is 48.0 Å². The van der Waals surface area contributed by atoms with Crippen LogP contribution in [0.1, 0.15) is 132 Å². The van der Waals surface area contributed by atoms with Crippen LogP contribution in [0.3, 0.4) is 0 Å². The van der Waals surface area contributed by atoms with Crippen molar-refractivity contribution < 1.29 is 29.2 Å². The number of carbonyl (C=O) groups excluding carboxylic acids is 4. The number of carbonyl (C=O) groups is 4. The number of nitrogens with one attached hydrogen (secondary N) is 4. The third-order valence-corrected chi connectivity index (χ3v) is 12.8. The van der Waals surface area contributed by atoms with E-state index in [1.165, 1.54) is 19.3 Å². The summed E-state index contributed by atoms with van der Waals surface area (Å²) in [6.45, 7) is 2.74. The van der Waals surface area contributed by atoms with E-state index in [1.54, 1.807) is 11.0 Å². The number of piperidine rings is 1. The molecule has 4 atom stereocenters. The van der Waals surface area contributed by atoms with Crippen LogP contribution in [0.2, 0.25) is 0 Å². The molecule has 4 aliphatic rings. The van der Waals surface area contributed by atoms with Gasteiger partial charge in [-0.25, -0.2) is 4.79 Å². The molecule has 2 aromatic rings. The van der Waals surface area contributed by atoms with Crippen molar-refractivity contribution in [3.63, 3.8) is 0 Å². The maximum Gasteiger partial charge on any atom is 0.475 e. The Morgan fingerprint density at radius 3 is 2.21 bits per heavy atom. The minimum atomic E-state index is -1.76. The average Bonchev–Trinajstić information content (AvgIpc) is 3.68. The van der Waals surface area contributed by atoms with Crippen LogP contribution in [0.15, 0.2) is 42.5 Å². The zero-order chi connectivity index (χ0) is 39.3. The number of hydrogen-bond donors (Lipinski definition) is 6. The average molecular weight is 773 g/mol. The molecule has 2 saturated heterocycles. The zero-order valence-electron chi connectivity index (χ0n) is 33.3. The van der Waals surface area contributed by atoms with Crippen LogP contribution in [-0.2, 0) is 9.59 Å². The van der Waals surface area contributed by atoms with Crippen molar-refractivity contribution >= 4 is 41.6 Å². The lowest BCUT2D eigenvalue weighted by Crippen LogP contribution is -2.56. The normalized spacial score (nSPS) is 22.3. The van der Waals surface area contributed by atoms with E-state index in [4.69, 9.17) is 0 Å². The molecule has 0 aromatic heterocycles. The molecule has 306 valence electrons. The van der Waals surface area contributed by atoms with Crippen molar-refractivity contribution in [2.24, 2.45) is 5.92 Å². The van der Waals surface area contributed by atoms with E-state index < -0.39 is 31.1 Å². The van der Waals surface area contributed by atoms with E-state index in [2.05, 4.69) is 26.2 Å². The lowest BCUT2D eigenvalue weighted by molar-refractivity contribution is -0.140. The number of fused-ring (bicyclic) bond motifs is 1. The fraction of sp³-hybridized carbons (Fsp3) is 0.674. The maximum atomic E-state index is 14.8. The van der Waals surface area contributed by atoms with Crippen molar-refractivity contribution in [1.82, 2.24) is 31.1 Å². The van der Waals surface area contributed by atoms with Gasteiger partial charge in [-0.05, 0) is 93.3 Å². The van der Waals surface area contributed by atoms with Crippen molar-refractivity contribution in [3.8, 4) is 0 Å². The fourth-order valence-electron chi connectivity index (χ4n) is 9.53. The minimum absolute atomic E-state index is 0.00170. The Morgan fingerprint density at radius 2 is 1.48 bits per heavy atom. The summed E-state index contributed by atoms with van der Waals surface area (Å²) < 4.78 is 0. The molecule has 6 N–H and O–H groups in total. The summed E-state index contributed by atoms with van der Waals surface area (Å²) in [6, 6.07) is 12.0. The molecule has 12 nitrogen and oxygen atoms in total. The molecular formula is C43H65BN6O6. The van der Waals surface area contributed by atoms with Gasteiger partial charge in [0.1, 0.15) is 12.1 Å². The molecule has 4 fully saturated rings. The van der Waals surface area contributed by atoms with Crippen LogP contribution in [0.4, 0.5) is 4.79 Å². The second kappa shape index (κ2) is 21.2. The lowest BCUT2D eigenvalue weighted by atomic mass is 9.76. The number of rotatable bonds is 16. The van der Waals surface area contributed by atoms with Gasteiger partial charge in [0, 0.05) is 30.7 Å². The summed E-state index contributed by atoms with van der Waals surface area (Å²) in [5.41, 5.74) is 0.491. The summed E-state index contributed by atoms with van der Waals surface area (Å²) in [5.74, 6) is -1.54. The molecule has 6 rings (SSSR count). The van der Waals surface area contributed by atoms with Crippen LogP contribution < -0.4 is 21.3 Å². The molecule has 2 heterocycles. The van der Waals surface area contributed by atoms with Gasteiger partial charge in [-0.3, -0.25) is 19.3 Å². The first kappa shape index (κ1) is 41.9. The van der Waals surface area contributed by atoms with E-state index >= 15 is 0 Å². The third-order valence-electron chi connectivity index (χ3n) is 12.8. The summed E-state index contributed by atoms with van der Waals surface area (Å²) in [6.07, 6.45) is 17.7. The largest absolute Gasteiger partial charge is 0.475 e. The molecule has 2 aromatic carbocycles. The highest BCUT2D eigenvalue weighted by Crippen LogP contribution is 2.31. The molecule has 2 saturated carbocycles. The molecule has 0 spiro atoms. The predicted molar refractivity (Wildman–Crippen MR) is 220 cm³/mol. The molecule has 0 bridgehead atoms. The standard InChI is InChI=1S/C43H65BN6O6/c51-40(34-23-22-32-17-10-11-18-33(32)28-34)47-37(27-31-15-5-1-6-16-31)42(53)50-30-36(49-25-13-4-14-26-49)29-38(50)41(52)48-39(44(55)56)21-9-3-12-24-45-43(54)46-35-19-7-2-8-20-35/h10-11,17-18,22-23,28,31,35-39,55-56H,1-9,12-16,19-21,24-27,29-30H2,(H,47,51)(H,48,52)(H2,45,46,54)/t36-,37-,38+,39+/m1/s1. The quantitative estimate of drug-likeness (QED) is 0.103. The highest BCUT2D eigenvalue weighted by Gasteiger charge is 2.45. The topological polar surface area (TPSA) is 163 Å². The molecular weight excluding hydrogens is 707 g/mol. The van der Waals surface area contributed by atoms with E-state index in [9.17, 15) is 29.2 Å². The van der Waals surface area contributed by atoms with E-state index in [1.807, 2.05) is 36.4 Å². The Morgan fingerprint density at radius 1 is 0.786 bits per heavy atom. The van der Waals surface area contributed by atoms with Gasteiger partial charge in [-0.1, -0.05) is 101 Å². The first-order valence-corrected chi connectivity index (χ1v) is 21.8. The van der Waals surface area contributed by atoms with E-state index in [0.29, 0.717) is 50.3 Å². The second-order valence-corrected chi connectivity index (χ2v) is 16.9. The smallest absolute Gasteiger partial charge is 0.426 e. The monoisotopic (exact) mass is 773 g/mol. The van der Waals surface area contributed by atoms with Crippen LogP contribution in [0.5, 0.6) is 0 Å². The molecule has 0 unspecified atom stereocenters. The number of benzene rings is 2. The van der Waals surface area contributed by atoms with Crippen LogP contribution >= 0.6 is 0 Å². The Hall–Kier alpha value is -3.68. The summed E-state index contributed by atoms with van der Waals surface area (Å²) in [4.78, 5) is 59.2. The highest BCUT2D eigenvalue weighted by molar-refractivity contribution is 6.43. The van der Waals surface area contributed by atoms with Crippen LogP contribution in [0.25, 0.3) is 10.8 Å².